The Bertz CT molecular complexity index is 356. The highest BCUT2D eigenvalue weighted by molar-refractivity contribution is 5.91. The molecular formula is C11H18N4O3. The Balaban J connectivity index is 2.23. The summed E-state index contributed by atoms with van der Waals surface area (Å²) in [5, 5.41) is 5.51. The molecule has 7 nitrogen and oxygen atoms in total. The SMILES string of the molecule is CNc1cnc(C(=O)NCCOCCOC)cn1. The molecule has 0 aliphatic rings. The molecule has 0 spiro atoms. The number of aromatic nitrogens is 2. The van der Waals surface area contributed by atoms with E-state index in [0.29, 0.717) is 32.2 Å². The molecule has 0 radical (unpaired) electrons. The van der Waals surface area contributed by atoms with Gasteiger partial charge in [-0.3, -0.25) is 4.79 Å². The van der Waals surface area contributed by atoms with Gasteiger partial charge in [0.25, 0.3) is 5.91 Å². The van der Waals surface area contributed by atoms with Gasteiger partial charge in [0.15, 0.2) is 0 Å². The number of amides is 1. The van der Waals surface area contributed by atoms with Crippen LogP contribution in [-0.2, 0) is 9.47 Å². The minimum absolute atomic E-state index is 0.263. The molecule has 0 aromatic carbocycles. The van der Waals surface area contributed by atoms with Crippen molar-refractivity contribution >= 4 is 11.7 Å². The Morgan fingerprint density at radius 1 is 1.28 bits per heavy atom. The van der Waals surface area contributed by atoms with Gasteiger partial charge in [-0.25, -0.2) is 9.97 Å². The highest BCUT2D eigenvalue weighted by Gasteiger charge is 2.06. The number of carbonyl (C=O) groups is 1. The van der Waals surface area contributed by atoms with E-state index in [9.17, 15) is 4.79 Å². The van der Waals surface area contributed by atoms with Crippen LogP contribution in [0.15, 0.2) is 12.4 Å². The summed E-state index contributed by atoms with van der Waals surface area (Å²) in [7, 11) is 3.35. The summed E-state index contributed by atoms with van der Waals surface area (Å²) in [6.07, 6.45) is 2.93. The van der Waals surface area contributed by atoms with Crippen molar-refractivity contribution in [3.63, 3.8) is 0 Å². The monoisotopic (exact) mass is 254 g/mol. The van der Waals surface area contributed by atoms with Crippen LogP contribution in [0.4, 0.5) is 5.82 Å². The number of hydrogen-bond donors (Lipinski definition) is 2. The van der Waals surface area contributed by atoms with Crippen LogP contribution < -0.4 is 10.6 Å². The zero-order chi connectivity index (χ0) is 13.2. The van der Waals surface area contributed by atoms with Crippen molar-refractivity contribution in [2.45, 2.75) is 0 Å². The number of methoxy groups -OCH3 is 1. The minimum Gasteiger partial charge on any atom is -0.382 e. The van der Waals surface area contributed by atoms with Crippen molar-refractivity contribution in [1.82, 2.24) is 15.3 Å². The van der Waals surface area contributed by atoms with Crippen LogP contribution >= 0.6 is 0 Å². The Morgan fingerprint density at radius 2 is 2.11 bits per heavy atom. The van der Waals surface area contributed by atoms with Crippen LogP contribution in [0.5, 0.6) is 0 Å². The van der Waals surface area contributed by atoms with Gasteiger partial charge in [-0.05, 0) is 0 Å². The third-order valence-corrected chi connectivity index (χ3v) is 2.10. The predicted octanol–water partition coefficient (Wildman–Crippen LogP) is -0.0889. The van der Waals surface area contributed by atoms with Crippen LogP contribution in [0.1, 0.15) is 10.5 Å². The largest absolute Gasteiger partial charge is 0.382 e. The second-order valence-corrected chi connectivity index (χ2v) is 3.40. The van der Waals surface area contributed by atoms with Crippen LogP contribution in [-0.4, -0.2) is 56.4 Å². The first kappa shape index (κ1) is 14.3. The van der Waals surface area contributed by atoms with E-state index in [1.165, 1.54) is 12.4 Å². The van der Waals surface area contributed by atoms with Crippen molar-refractivity contribution in [1.29, 1.82) is 0 Å². The maximum Gasteiger partial charge on any atom is 0.271 e. The Kier molecular flexibility index (Phi) is 6.67. The lowest BCUT2D eigenvalue weighted by molar-refractivity contribution is 0.0691. The van der Waals surface area contributed by atoms with E-state index in [4.69, 9.17) is 9.47 Å². The van der Waals surface area contributed by atoms with Gasteiger partial charge in [-0.15, -0.1) is 0 Å². The molecule has 1 aromatic heterocycles. The molecule has 0 unspecified atom stereocenters. The van der Waals surface area contributed by atoms with Gasteiger partial charge in [0.05, 0.1) is 32.2 Å². The van der Waals surface area contributed by atoms with Gasteiger partial charge in [-0.1, -0.05) is 0 Å². The zero-order valence-corrected chi connectivity index (χ0v) is 10.6. The van der Waals surface area contributed by atoms with Gasteiger partial charge in [-0.2, -0.15) is 0 Å². The molecule has 100 valence electrons. The number of hydrogen-bond acceptors (Lipinski definition) is 6. The predicted molar refractivity (Wildman–Crippen MR) is 66.6 cm³/mol. The third-order valence-electron chi connectivity index (χ3n) is 2.10. The molecule has 18 heavy (non-hydrogen) atoms. The first-order valence-corrected chi connectivity index (χ1v) is 5.62. The molecule has 2 N–H and O–H groups in total. The normalized spacial score (nSPS) is 10.1. The van der Waals surface area contributed by atoms with Gasteiger partial charge in [0.1, 0.15) is 11.5 Å². The highest BCUT2D eigenvalue weighted by Crippen LogP contribution is 1.99. The summed E-state index contributed by atoms with van der Waals surface area (Å²) in [4.78, 5) is 19.6. The van der Waals surface area contributed by atoms with Gasteiger partial charge in [0.2, 0.25) is 0 Å². The van der Waals surface area contributed by atoms with Gasteiger partial charge in [0, 0.05) is 20.7 Å². The smallest absolute Gasteiger partial charge is 0.271 e. The maximum atomic E-state index is 11.6. The second-order valence-electron chi connectivity index (χ2n) is 3.40. The van der Waals surface area contributed by atoms with E-state index < -0.39 is 0 Å². The van der Waals surface area contributed by atoms with Crippen LogP contribution in [0.3, 0.4) is 0 Å². The molecule has 0 atom stereocenters. The van der Waals surface area contributed by atoms with E-state index in [1.807, 2.05) is 0 Å². The molecule has 0 saturated heterocycles. The molecule has 1 amide bonds. The number of rotatable bonds is 8. The minimum atomic E-state index is -0.263. The van der Waals surface area contributed by atoms with E-state index in [-0.39, 0.29) is 11.6 Å². The molecule has 1 aromatic rings. The van der Waals surface area contributed by atoms with Gasteiger partial charge >= 0.3 is 0 Å². The van der Waals surface area contributed by atoms with Crippen molar-refractivity contribution in [3.8, 4) is 0 Å². The van der Waals surface area contributed by atoms with Crippen LogP contribution in [0.25, 0.3) is 0 Å². The second kappa shape index (κ2) is 8.37. The lowest BCUT2D eigenvalue weighted by atomic mass is 10.4. The topological polar surface area (TPSA) is 85.4 Å². The summed E-state index contributed by atoms with van der Waals surface area (Å²) >= 11 is 0. The van der Waals surface area contributed by atoms with Crippen molar-refractivity contribution < 1.29 is 14.3 Å². The summed E-state index contributed by atoms with van der Waals surface area (Å²) < 4.78 is 10.0. The van der Waals surface area contributed by atoms with E-state index in [2.05, 4.69) is 20.6 Å². The average molecular weight is 254 g/mol. The number of carbonyl (C=O) groups excluding carboxylic acids is 1. The summed E-state index contributed by atoms with van der Waals surface area (Å²) in [5.74, 6) is 0.356. The Labute approximate surface area is 106 Å². The molecule has 0 aliphatic carbocycles. The van der Waals surface area contributed by atoms with E-state index in [0.717, 1.165) is 0 Å². The fraction of sp³-hybridized carbons (Fsp3) is 0.545. The maximum absolute atomic E-state index is 11.6. The molecule has 1 heterocycles. The first-order chi connectivity index (χ1) is 8.77. The van der Waals surface area contributed by atoms with Gasteiger partial charge < -0.3 is 20.1 Å². The van der Waals surface area contributed by atoms with E-state index >= 15 is 0 Å². The van der Waals surface area contributed by atoms with Crippen LogP contribution in [0, 0.1) is 0 Å². The summed E-state index contributed by atoms with van der Waals surface area (Å²) in [5.41, 5.74) is 0.283. The summed E-state index contributed by atoms with van der Waals surface area (Å²) in [6, 6.07) is 0. The molecular weight excluding hydrogens is 236 g/mol. The summed E-state index contributed by atoms with van der Waals surface area (Å²) in [6.45, 7) is 1.93. The number of nitrogens with one attached hydrogen (secondary N) is 2. The molecule has 0 aliphatic heterocycles. The zero-order valence-electron chi connectivity index (χ0n) is 10.6. The number of nitrogens with zero attached hydrogens (tertiary/aromatic N) is 2. The Morgan fingerprint density at radius 3 is 2.72 bits per heavy atom. The number of anilines is 1. The number of ether oxygens (including phenoxy) is 2. The van der Waals surface area contributed by atoms with Crippen molar-refractivity contribution in [3.05, 3.63) is 18.1 Å². The third kappa shape index (κ3) is 5.07. The van der Waals surface area contributed by atoms with Crippen molar-refractivity contribution in [2.24, 2.45) is 0 Å². The standard InChI is InChI=1S/C11H18N4O3/c1-12-10-8-14-9(7-15-10)11(16)13-3-4-18-6-5-17-2/h7-8H,3-6H2,1-2H3,(H,12,15)(H,13,16). The molecule has 0 saturated carbocycles. The molecule has 7 heteroatoms. The quantitative estimate of drug-likeness (QED) is 0.631. The van der Waals surface area contributed by atoms with Crippen molar-refractivity contribution in [2.75, 3.05) is 45.8 Å². The van der Waals surface area contributed by atoms with Crippen LogP contribution in [0.2, 0.25) is 0 Å². The molecule has 1 rings (SSSR count). The van der Waals surface area contributed by atoms with E-state index in [1.54, 1.807) is 14.2 Å². The average Bonchev–Trinajstić information content (AvgIpc) is 2.42. The highest BCUT2D eigenvalue weighted by atomic mass is 16.5. The first-order valence-electron chi connectivity index (χ1n) is 5.62. The molecule has 0 fully saturated rings. The Hall–Kier alpha value is -1.73. The lowest BCUT2D eigenvalue weighted by Crippen LogP contribution is -2.28. The molecule has 0 bridgehead atoms. The lowest BCUT2D eigenvalue weighted by Gasteiger charge is -2.06. The fourth-order valence-corrected chi connectivity index (χ4v) is 1.15. The fourth-order valence-electron chi connectivity index (χ4n) is 1.15.